The Hall–Kier alpha value is -1.52. The minimum atomic E-state index is -0.446. The molecule has 0 bridgehead atoms. The Kier molecular flexibility index (Phi) is 2.68. The maximum atomic E-state index is 10.6. The van der Waals surface area contributed by atoms with Crippen molar-refractivity contribution in [1.82, 2.24) is 14.9 Å². The molecule has 0 unspecified atom stereocenters. The molecule has 5 nitrogen and oxygen atoms in total. The first-order valence-electron chi connectivity index (χ1n) is 3.54. The molecule has 0 fully saturated rings. The fourth-order valence-corrected chi connectivity index (χ4v) is 0.738. The number of nitrogens with one attached hydrogen (secondary N) is 1. The number of aromatic nitrogens is 2. The molecule has 1 aromatic rings. The lowest BCUT2D eigenvalue weighted by Crippen LogP contribution is -2.19. The lowest BCUT2D eigenvalue weighted by molar-refractivity contribution is 0.138. The highest BCUT2D eigenvalue weighted by Crippen LogP contribution is 1.96. The van der Waals surface area contributed by atoms with Crippen LogP contribution in [-0.4, -0.2) is 22.7 Å². The van der Waals surface area contributed by atoms with E-state index < -0.39 is 6.09 Å². The summed E-state index contributed by atoms with van der Waals surface area (Å²) in [5.74, 6) is 0.721. The van der Waals surface area contributed by atoms with Crippen molar-refractivity contribution in [2.45, 2.75) is 6.61 Å². The van der Waals surface area contributed by atoms with Crippen molar-refractivity contribution in [1.29, 1.82) is 0 Å². The number of carbonyl (C=O) groups excluding carboxylic acids is 1. The molecule has 0 spiro atoms. The standard InChI is InChI=1S/C7H11N3O2/c1-8-7(11)12-5-6-9-3-4-10(6)2/h3-4H,5H2,1-2H3,(H,8,11). The minimum Gasteiger partial charge on any atom is -0.441 e. The third kappa shape index (κ3) is 1.98. The van der Waals surface area contributed by atoms with E-state index >= 15 is 0 Å². The third-order valence-electron chi connectivity index (χ3n) is 1.46. The molecule has 0 aliphatic heterocycles. The number of alkyl carbamates (subject to hydrolysis) is 1. The molecule has 0 saturated heterocycles. The summed E-state index contributed by atoms with van der Waals surface area (Å²) in [7, 11) is 3.36. The van der Waals surface area contributed by atoms with Gasteiger partial charge >= 0.3 is 6.09 Å². The van der Waals surface area contributed by atoms with Crippen LogP contribution in [-0.2, 0) is 18.4 Å². The van der Waals surface area contributed by atoms with E-state index in [2.05, 4.69) is 10.3 Å². The van der Waals surface area contributed by atoms with Crippen LogP contribution < -0.4 is 5.32 Å². The Labute approximate surface area is 70.4 Å². The molecule has 1 rings (SSSR count). The normalized spacial score (nSPS) is 9.50. The first-order chi connectivity index (χ1) is 5.74. The van der Waals surface area contributed by atoms with E-state index in [4.69, 9.17) is 4.74 Å². The lowest BCUT2D eigenvalue weighted by atomic mass is 10.6. The molecule has 1 N–H and O–H groups in total. The molecule has 0 saturated carbocycles. The molecule has 0 atom stereocenters. The summed E-state index contributed by atoms with van der Waals surface area (Å²) in [6.07, 6.45) is 3.00. The van der Waals surface area contributed by atoms with Gasteiger partial charge in [0.2, 0.25) is 0 Å². The fourth-order valence-electron chi connectivity index (χ4n) is 0.738. The monoisotopic (exact) mass is 169 g/mol. The number of imidazole rings is 1. The van der Waals surface area contributed by atoms with Crippen molar-refractivity contribution in [3.05, 3.63) is 18.2 Å². The van der Waals surface area contributed by atoms with Crippen LogP contribution >= 0.6 is 0 Å². The van der Waals surface area contributed by atoms with Crippen molar-refractivity contribution < 1.29 is 9.53 Å². The van der Waals surface area contributed by atoms with Gasteiger partial charge in [-0.1, -0.05) is 0 Å². The summed E-state index contributed by atoms with van der Waals surface area (Å²) in [5.41, 5.74) is 0. The molecule has 0 aliphatic carbocycles. The molecule has 5 heteroatoms. The number of hydrogen-bond acceptors (Lipinski definition) is 3. The summed E-state index contributed by atoms with van der Waals surface area (Å²) in [5, 5.41) is 2.35. The number of aryl methyl sites for hydroxylation is 1. The number of rotatable bonds is 2. The van der Waals surface area contributed by atoms with E-state index in [1.807, 2.05) is 7.05 Å². The Balaban J connectivity index is 2.43. The van der Waals surface area contributed by atoms with Gasteiger partial charge in [0.15, 0.2) is 6.61 Å². The fraction of sp³-hybridized carbons (Fsp3) is 0.429. The maximum Gasteiger partial charge on any atom is 0.407 e. The van der Waals surface area contributed by atoms with E-state index in [1.54, 1.807) is 17.0 Å². The number of hydrogen-bond donors (Lipinski definition) is 1. The zero-order chi connectivity index (χ0) is 8.97. The summed E-state index contributed by atoms with van der Waals surface area (Å²) in [6.45, 7) is 0.198. The van der Waals surface area contributed by atoms with Crippen LogP contribution in [0, 0.1) is 0 Å². The minimum absolute atomic E-state index is 0.198. The number of amides is 1. The van der Waals surface area contributed by atoms with E-state index in [0.717, 1.165) is 5.82 Å². The van der Waals surface area contributed by atoms with Crippen LogP contribution in [0.15, 0.2) is 12.4 Å². The van der Waals surface area contributed by atoms with Crippen LogP contribution in [0.4, 0.5) is 4.79 Å². The second kappa shape index (κ2) is 3.75. The van der Waals surface area contributed by atoms with Crippen molar-refractivity contribution in [2.75, 3.05) is 7.05 Å². The van der Waals surface area contributed by atoms with Gasteiger partial charge in [0.05, 0.1) is 0 Å². The molecule has 1 aromatic heterocycles. The smallest absolute Gasteiger partial charge is 0.407 e. The number of carbonyl (C=O) groups is 1. The molecule has 1 amide bonds. The molecular formula is C7H11N3O2. The molecular weight excluding hydrogens is 158 g/mol. The second-order valence-electron chi connectivity index (χ2n) is 2.28. The number of ether oxygens (including phenoxy) is 1. The molecule has 1 heterocycles. The van der Waals surface area contributed by atoms with Crippen LogP contribution in [0.1, 0.15) is 5.82 Å². The molecule has 12 heavy (non-hydrogen) atoms. The largest absolute Gasteiger partial charge is 0.441 e. The van der Waals surface area contributed by atoms with Gasteiger partial charge in [0, 0.05) is 26.5 Å². The summed E-state index contributed by atoms with van der Waals surface area (Å²) < 4.78 is 6.58. The van der Waals surface area contributed by atoms with Crippen LogP contribution in [0.25, 0.3) is 0 Å². The average Bonchev–Trinajstić information content (AvgIpc) is 2.47. The lowest BCUT2D eigenvalue weighted by Gasteiger charge is -2.02. The quantitative estimate of drug-likeness (QED) is 0.691. The van der Waals surface area contributed by atoms with E-state index in [9.17, 15) is 4.79 Å². The van der Waals surface area contributed by atoms with Gasteiger partial charge in [-0.05, 0) is 0 Å². The van der Waals surface area contributed by atoms with Crippen molar-refractivity contribution in [3.63, 3.8) is 0 Å². The van der Waals surface area contributed by atoms with E-state index in [1.165, 1.54) is 7.05 Å². The average molecular weight is 169 g/mol. The Bertz CT molecular complexity index is 269. The summed E-state index contributed by atoms with van der Waals surface area (Å²) in [4.78, 5) is 14.6. The van der Waals surface area contributed by atoms with Gasteiger partial charge in [-0.3, -0.25) is 0 Å². The predicted molar refractivity (Wildman–Crippen MR) is 42.5 cm³/mol. The molecule has 66 valence electrons. The van der Waals surface area contributed by atoms with Gasteiger partial charge in [0.25, 0.3) is 0 Å². The number of nitrogens with zero attached hydrogens (tertiary/aromatic N) is 2. The zero-order valence-corrected chi connectivity index (χ0v) is 7.07. The topological polar surface area (TPSA) is 56.1 Å². The highest BCUT2D eigenvalue weighted by molar-refractivity contribution is 5.66. The van der Waals surface area contributed by atoms with E-state index in [-0.39, 0.29) is 6.61 Å². The molecule has 0 aliphatic rings. The van der Waals surface area contributed by atoms with Crippen LogP contribution in [0.5, 0.6) is 0 Å². The first kappa shape index (κ1) is 8.58. The van der Waals surface area contributed by atoms with Crippen molar-refractivity contribution >= 4 is 6.09 Å². The molecule has 0 aromatic carbocycles. The SMILES string of the molecule is CNC(=O)OCc1nccn1C. The van der Waals surface area contributed by atoms with Gasteiger partial charge in [-0.2, -0.15) is 0 Å². The van der Waals surface area contributed by atoms with Gasteiger partial charge < -0.3 is 14.6 Å². The van der Waals surface area contributed by atoms with Crippen LogP contribution in [0.2, 0.25) is 0 Å². The second-order valence-corrected chi connectivity index (χ2v) is 2.28. The zero-order valence-electron chi connectivity index (χ0n) is 7.07. The van der Waals surface area contributed by atoms with Crippen LogP contribution in [0.3, 0.4) is 0 Å². The maximum absolute atomic E-state index is 10.6. The third-order valence-corrected chi connectivity index (χ3v) is 1.46. The Morgan fingerprint density at radius 3 is 3.08 bits per heavy atom. The summed E-state index contributed by atoms with van der Waals surface area (Å²) in [6, 6.07) is 0. The Morgan fingerprint density at radius 1 is 1.83 bits per heavy atom. The first-order valence-corrected chi connectivity index (χ1v) is 3.54. The van der Waals surface area contributed by atoms with Crippen molar-refractivity contribution in [3.8, 4) is 0 Å². The van der Waals surface area contributed by atoms with Crippen molar-refractivity contribution in [2.24, 2.45) is 7.05 Å². The Morgan fingerprint density at radius 2 is 2.58 bits per heavy atom. The van der Waals surface area contributed by atoms with Gasteiger partial charge in [-0.25, -0.2) is 9.78 Å². The summed E-state index contributed by atoms with van der Waals surface area (Å²) >= 11 is 0. The van der Waals surface area contributed by atoms with Gasteiger partial charge in [0.1, 0.15) is 5.82 Å². The highest BCUT2D eigenvalue weighted by atomic mass is 16.5. The van der Waals surface area contributed by atoms with Gasteiger partial charge in [-0.15, -0.1) is 0 Å². The predicted octanol–water partition coefficient (Wildman–Crippen LogP) is 0.276. The highest BCUT2D eigenvalue weighted by Gasteiger charge is 2.02. The van der Waals surface area contributed by atoms with E-state index in [0.29, 0.717) is 0 Å². The molecule has 0 radical (unpaired) electrons.